The molecule has 1 fully saturated rings. The van der Waals surface area contributed by atoms with Gasteiger partial charge >= 0.3 is 5.97 Å². The third kappa shape index (κ3) is 2.85. The van der Waals surface area contributed by atoms with Gasteiger partial charge in [-0.25, -0.2) is 9.78 Å². The van der Waals surface area contributed by atoms with Crippen molar-refractivity contribution in [2.24, 2.45) is 0 Å². The van der Waals surface area contributed by atoms with Crippen molar-refractivity contribution in [1.29, 1.82) is 0 Å². The number of nitrogens with one attached hydrogen (secondary N) is 2. The molecular weight excluding hydrogens is 236 g/mol. The summed E-state index contributed by atoms with van der Waals surface area (Å²) in [6.07, 6.45) is 3.19. The fourth-order valence-electron chi connectivity index (χ4n) is 1.68. The molecule has 1 heterocycles. The second kappa shape index (κ2) is 5.16. The summed E-state index contributed by atoms with van der Waals surface area (Å²) in [6.45, 7) is 1.86. The van der Waals surface area contributed by atoms with Gasteiger partial charge in [0.15, 0.2) is 0 Å². The van der Waals surface area contributed by atoms with Crippen LogP contribution in [0.1, 0.15) is 55.0 Å². The van der Waals surface area contributed by atoms with Crippen molar-refractivity contribution in [3.63, 3.8) is 0 Å². The van der Waals surface area contributed by atoms with Crippen LogP contribution in [-0.4, -0.2) is 38.2 Å². The first-order valence-corrected chi connectivity index (χ1v) is 6.07. The minimum atomic E-state index is -1.04. The molecule has 7 heteroatoms. The molecule has 0 aromatic carbocycles. The number of carboxylic acid groups (broad SMARTS) is 1. The zero-order valence-electron chi connectivity index (χ0n) is 10.1. The van der Waals surface area contributed by atoms with Gasteiger partial charge in [0.1, 0.15) is 11.9 Å². The summed E-state index contributed by atoms with van der Waals surface area (Å²) in [4.78, 5) is 26.8. The van der Waals surface area contributed by atoms with Crippen LogP contribution in [0.5, 0.6) is 0 Å². The van der Waals surface area contributed by atoms with Crippen LogP contribution in [0.4, 0.5) is 0 Å². The maximum absolute atomic E-state index is 11.8. The lowest BCUT2D eigenvalue weighted by atomic mass is 10.1. The molecule has 1 amide bonds. The van der Waals surface area contributed by atoms with Crippen LogP contribution in [0.25, 0.3) is 0 Å². The van der Waals surface area contributed by atoms with E-state index in [4.69, 9.17) is 5.11 Å². The molecule has 0 bridgehead atoms. The van der Waals surface area contributed by atoms with Crippen LogP contribution in [-0.2, 0) is 4.79 Å². The topological polar surface area (TPSA) is 108 Å². The first kappa shape index (κ1) is 12.5. The Morgan fingerprint density at radius 3 is 2.83 bits per heavy atom. The molecule has 3 N–H and O–H groups in total. The molecule has 1 aliphatic carbocycles. The van der Waals surface area contributed by atoms with E-state index in [0.29, 0.717) is 24.6 Å². The predicted octanol–water partition coefficient (Wildman–Crippen LogP) is 0.665. The molecule has 98 valence electrons. The molecule has 7 nitrogen and oxygen atoms in total. The molecule has 0 unspecified atom stereocenters. The molecule has 0 aliphatic heterocycles. The number of aromatic amines is 1. The average molecular weight is 252 g/mol. The Kier molecular flexibility index (Phi) is 3.59. The van der Waals surface area contributed by atoms with Crippen LogP contribution in [0.15, 0.2) is 0 Å². The van der Waals surface area contributed by atoms with E-state index in [2.05, 4.69) is 20.5 Å². The van der Waals surface area contributed by atoms with Crippen molar-refractivity contribution in [3.8, 4) is 0 Å². The highest BCUT2D eigenvalue weighted by molar-refractivity contribution is 5.93. The third-order valence-electron chi connectivity index (χ3n) is 2.85. The summed E-state index contributed by atoms with van der Waals surface area (Å²) in [5.41, 5.74) is 0. The Labute approximate surface area is 104 Å². The maximum atomic E-state index is 11.8. The van der Waals surface area contributed by atoms with Gasteiger partial charge < -0.3 is 10.4 Å². The van der Waals surface area contributed by atoms with E-state index in [9.17, 15) is 9.59 Å². The highest BCUT2D eigenvalue weighted by Crippen LogP contribution is 2.37. The smallest absolute Gasteiger partial charge is 0.326 e. The first-order chi connectivity index (χ1) is 8.61. The number of nitrogens with zero attached hydrogens (tertiary/aromatic N) is 2. The van der Waals surface area contributed by atoms with Crippen molar-refractivity contribution in [1.82, 2.24) is 20.5 Å². The van der Waals surface area contributed by atoms with Crippen LogP contribution in [0.2, 0.25) is 0 Å². The van der Waals surface area contributed by atoms with Gasteiger partial charge in [0.2, 0.25) is 5.82 Å². The lowest BCUT2D eigenvalue weighted by molar-refractivity contribution is -0.139. The molecule has 0 radical (unpaired) electrons. The van der Waals surface area contributed by atoms with Gasteiger partial charge in [0.05, 0.1) is 0 Å². The van der Waals surface area contributed by atoms with Crippen molar-refractivity contribution >= 4 is 11.9 Å². The van der Waals surface area contributed by atoms with E-state index < -0.39 is 17.9 Å². The molecule has 2 rings (SSSR count). The summed E-state index contributed by atoms with van der Waals surface area (Å²) in [5.74, 6) is -0.478. The summed E-state index contributed by atoms with van der Waals surface area (Å²) in [7, 11) is 0. The zero-order valence-corrected chi connectivity index (χ0v) is 10.1. The normalized spacial score (nSPS) is 16.3. The largest absolute Gasteiger partial charge is 0.480 e. The second-order valence-corrected chi connectivity index (χ2v) is 4.47. The summed E-state index contributed by atoms with van der Waals surface area (Å²) < 4.78 is 0. The monoisotopic (exact) mass is 252 g/mol. The molecule has 1 saturated carbocycles. The zero-order chi connectivity index (χ0) is 13.1. The minimum Gasteiger partial charge on any atom is -0.480 e. The fraction of sp³-hybridized carbons (Fsp3) is 0.636. The predicted molar refractivity (Wildman–Crippen MR) is 62.2 cm³/mol. The van der Waals surface area contributed by atoms with Gasteiger partial charge in [-0.15, -0.1) is 5.10 Å². The van der Waals surface area contributed by atoms with E-state index in [1.54, 1.807) is 0 Å². The number of amides is 1. The van der Waals surface area contributed by atoms with Gasteiger partial charge in [-0.3, -0.25) is 9.89 Å². The number of hydrogen-bond donors (Lipinski definition) is 3. The molecule has 1 atom stereocenters. The lowest BCUT2D eigenvalue weighted by Gasteiger charge is -2.11. The number of carboxylic acids is 1. The minimum absolute atomic E-state index is 0.0132. The summed E-state index contributed by atoms with van der Waals surface area (Å²) >= 11 is 0. The molecule has 1 aromatic rings. The number of carbonyl (C=O) groups is 2. The van der Waals surface area contributed by atoms with Gasteiger partial charge in [0.25, 0.3) is 5.91 Å². The Hall–Kier alpha value is -1.92. The molecule has 18 heavy (non-hydrogen) atoms. The molecule has 1 aliphatic rings. The van der Waals surface area contributed by atoms with Crippen LogP contribution in [0, 0.1) is 0 Å². The van der Waals surface area contributed by atoms with Gasteiger partial charge in [-0.1, -0.05) is 13.3 Å². The fourth-order valence-corrected chi connectivity index (χ4v) is 1.68. The van der Waals surface area contributed by atoms with E-state index >= 15 is 0 Å². The van der Waals surface area contributed by atoms with Crippen LogP contribution in [0.3, 0.4) is 0 Å². The lowest BCUT2D eigenvalue weighted by Crippen LogP contribution is -2.41. The third-order valence-corrected chi connectivity index (χ3v) is 2.85. The molecule has 1 aromatic heterocycles. The van der Waals surface area contributed by atoms with Crippen molar-refractivity contribution in [2.45, 2.75) is 44.6 Å². The van der Waals surface area contributed by atoms with Gasteiger partial charge in [-0.05, 0) is 19.3 Å². The van der Waals surface area contributed by atoms with E-state index in [1.807, 2.05) is 6.92 Å². The van der Waals surface area contributed by atoms with Crippen molar-refractivity contribution in [2.75, 3.05) is 0 Å². The SMILES string of the molecule is CCC[C@@H](NC(=O)c1n[nH]c(C2CC2)n1)C(=O)O. The molecule has 0 spiro atoms. The van der Waals surface area contributed by atoms with E-state index in [1.165, 1.54) is 0 Å². The van der Waals surface area contributed by atoms with Crippen LogP contribution < -0.4 is 5.32 Å². The number of H-pyrrole nitrogens is 1. The Morgan fingerprint density at radius 2 is 2.28 bits per heavy atom. The highest BCUT2D eigenvalue weighted by Gasteiger charge is 2.29. The number of aliphatic carboxylic acids is 1. The molecule has 0 saturated heterocycles. The number of rotatable bonds is 6. The van der Waals surface area contributed by atoms with E-state index in [0.717, 1.165) is 12.8 Å². The standard InChI is InChI=1S/C11H16N4O3/c1-2-3-7(11(17)18)12-10(16)9-13-8(14-15-9)6-4-5-6/h6-7H,2-5H2,1H3,(H,12,16)(H,17,18)(H,13,14,15)/t7-/m1/s1. The number of hydrogen-bond acceptors (Lipinski definition) is 4. The highest BCUT2D eigenvalue weighted by atomic mass is 16.4. The van der Waals surface area contributed by atoms with Crippen molar-refractivity contribution < 1.29 is 14.7 Å². The van der Waals surface area contributed by atoms with Gasteiger partial charge in [0, 0.05) is 5.92 Å². The summed E-state index contributed by atoms with van der Waals surface area (Å²) in [5, 5.41) is 17.9. The summed E-state index contributed by atoms with van der Waals surface area (Å²) in [6, 6.07) is -0.884. The number of aromatic nitrogens is 3. The van der Waals surface area contributed by atoms with E-state index in [-0.39, 0.29) is 5.82 Å². The number of carbonyl (C=O) groups excluding carboxylic acids is 1. The second-order valence-electron chi connectivity index (χ2n) is 4.47. The average Bonchev–Trinajstić information content (AvgIpc) is 3.06. The quantitative estimate of drug-likeness (QED) is 0.689. The van der Waals surface area contributed by atoms with Gasteiger partial charge in [-0.2, -0.15) is 0 Å². The van der Waals surface area contributed by atoms with Crippen molar-refractivity contribution in [3.05, 3.63) is 11.6 Å². The maximum Gasteiger partial charge on any atom is 0.326 e. The van der Waals surface area contributed by atoms with Crippen LogP contribution >= 0.6 is 0 Å². The molecular formula is C11H16N4O3. The first-order valence-electron chi connectivity index (χ1n) is 6.07. The Balaban J connectivity index is 1.98. The Bertz CT molecular complexity index is 453. The Morgan fingerprint density at radius 1 is 1.56 bits per heavy atom.